The fourth-order valence-electron chi connectivity index (χ4n) is 5.04. The third-order valence-corrected chi connectivity index (χ3v) is 7.81. The topological polar surface area (TPSA) is 122 Å². The van der Waals surface area contributed by atoms with Gasteiger partial charge in [0, 0.05) is 48.9 Å². The van der Waals surface area contributed by atoms with E-state index in [-0.39, 0.29) is 37.0 Å². The first kappa shape index (κ1) is 32.2. The highest BCUT2D eigenvalue weighted by molar-refractivity contribution is 6.32. The molecule has 5 rings (SSSR count). The van der Waals surface area contributed by atoms with E-state index in [0.29, 0.717) is 51.1 Å². The number of nitrogens with two attached hydrogens (primary N) is 2. The molecule has 0 radical (unpaired) electrons. The van der Waals surface area contributed by atoms with E-state index >= 15 is 4.39 Å². The van der Waals surface area contributed by atoms with Gasteiger partial charge in [0.25, 0.3) is 0 Å². The zero-order chi connectivity index (χ0) is 31.6. The maximum atomic E-state index is 15.8. The van der Waals surface area contributed by atoms with Gasteiger partial charge in [-0.05, 0) is 53.1 Å². The number of hydrogen-bond acceptors (Lipinski definition) is 9. The molecule has 1 aliphatic heterocycles. The van der Waals surface area contributed by atoms with Crippen LogP contribution in [0.3, 0.4) is 0 Å². The summed E-state index contributed by atoms with van der Waals surface area (Å²) in [7, 11) is 0. The Bertz CT molecular complexity index is 1620. The lowest BCUT2D eigenvalue weighted by Crippen LogP contribution is -2.37. The van der Waals surface area contributed by atoms with Crippen LogP contribution >= 0.6 is 11.6 Å². The van der Waals surface area contributed by atoms with Gasteiger partial charge in [-0.15, -0.1) is 4.91 Å². The summed E-state index contributed by atoms with van der Waals surface area (Å²) >= 11 is 6.49. The quantitative estimate of drug-likeness (QED) is 0.0878. The monoisotopic (exact) mass is 634 g/mol. The van der Waals surface area contributed by atoms with Gasteiger partial charge in [-0.3, -0.25) is 4.90 Å². The predicted molar refractivity (Wildman–Crippen MR) is 174 cm³/mol. The first-order chi connectivity index (χ1) is 21.9. The minimum atomic E-state index is -0.390. The zero-order valence-corrected chi connectivity index (χ0v) is 25.6. The largest absolute Gasteiger partial charge is 0.494 e. The predicted octanol–water partition coefficient (Wildman–Crippen LogP) is 6.84. The average Bonchev–Trinajstić information content (AvgIpc) is 3.06. The number of nitrogen functional groups attached to an aromatic ring is 1. The Labute approximate surface area is 266 Å². The Morgan fingerprint density at radius 1 is 0.911 bits per heavy atom. The molecule has 0 amide bonds. The number of nitrogens with zero attached hydrogens (tertiary/aromatic N) is 2. The molecule has 0 atom stereocenters. The molecule has 1 saturated heterocycles. The first-order valence-electron chi connectivity index (χ1n) is 14.8. The standard InChI is InChI=1S/C34H36ClFN4O5/c35-29-18-26(20-37)32(44-21-23-8-9-31(39-41)30(38)16-23)19-33(29)45-22-25-5-2-7-28(34(25)36)24-4-1-6-27(17-24)43-13-3-10-40-11-14-42-15-12-40/h1-2,4-9,16-19H,3,10-15,20-22,37-38H2. The number of nitroso groups, excluding NO2 is 1. The number of benzene rings is 4. The second-order valence-electron chi connectivity index (χ2n) is 10.6. The van der Waals surface area contributed by atoms with E-state index in [9.17, 15) is 4.91 Å². The van der Waals surface area contributed by atoms with Crippen molar-refractivity contribution in [1.82, 2.24) is 4.90 Å². The number of morpholine rings is 1. The first-order valence-corrected chi connectivity index (χ1v) is 15.1. The number of anilines is 1. The van der Waals surface area contributed by atoms with Crippen molar-refractivity contribution >= 4 is 23.0 Å². The van der Waals surface area contributed by atoms with E-state index in [2.05, 4.69) is 10.1 Å². The molecule has 9 nitrogen and oxygen atoms in total. The minimum absolute atomic E-state index is 0.0603. The highest BCUT2D eigenvalue weighted by Crippen LogP contribution is 2.35. The lowest BCUT2D eigenvalue weighted by molar-refractivity contribution is 0.0358. The number of rotatable bonds is 14. The van der Waals surface area contributed by atoms with Crippen molar-refractivity contribution in [1.29, 1.82) is 0 Å². The molecule has 4 aromatic rings. The molecule has 236 valence electrons. The van der Waals surface area contributed by atoms with Crippen LogP contribution < -0.4 is 25.7 Å². The van der Waals surface area contributed by atoms with Crippen LogP contribution in [0.15, 0.2) is 78.0 Å². The van der Waals surface area contributed by atoms with Crippen molar-refractivity contribution in [2.45, 2.75) is 26.2 Å². The third-order valence-electron chi connectivity index (χ3n) is 7.52. The van der Waals surface area contributed by atoms with E-state index < -0.39 is 0 Å². The fourth-order valence-corrected chi connectivity index (χ4v) is 5.29. The summed E-state index contributed by atoms with van der Waals surface area (Å²) in [6.45, 7) is 5.25. The molecule has 1 heterocycles. The highest BCUT2D eigenvalue weighted by Gasteiger charge is 2.15. The molecular formula is C34H36ClFN4O5. The van der Waals surface area contributed by atoms with Gasteiger partial charge in [0.05, 0.1) is 30.5 Å². The van der Waals surface area contributed by atoms with Crippen molar-refractivity contribution in [3.05, 3.63) is 105 Å². The molecule has 45 heavy (non-hydrogen) atoms. The van der Waals surface area contributed by atoms with Crippen molar-refractivity contribution < 1.29 is 23.3 Å². The Morgan fingerprint density at radius 2 is 1.71 bits per heavy atom. The van der Waals surface area contributed by atoms with Gasteiger partial charge in [-0.1, -0.05) is 48.0 Å². The molecular weight excluding hydrogens is 599 g/mol. The van der Waals surface area contributed by atoms with Crippen LogP contribution in [0, 0.1) is 10.7 Å². The molecule has 4 N–H and O–H groups in total. The zero-order valence-electron chi connectivity index (χ0n) is 24.8. The van der Waals surface area contributed by atoms with E-state index in [0.717, 1.165) is 44.8 Å². The van der Waals surface area contributed by atoms with Crippen LogP contribution in [-0.2, 0) is 24.5 Å². The Morgan fingerprint density at radius 3 is 2.49 bits per heavy atom. The van der Waals surface area contributed by atoms with E-state index in [1.807, 2.05) is 24.3 Å². The van der Waals surface area contributed by atoms with Gasteiger partial charge in [-0.2, -0.15) is 0 Å². The second kappa shape index (κ2) is 15.7. The molecule has 0 aromatic heterocycles. The second-order valence-corrected chi connectivity index (χ2v) is 11.0. The normalized spacial score (nSPS) is 13.4. The summed E-state index contributed by atoms with van der Waals surface area (Å²) in [5.74, 6) is 1.08. The molecule has 0 spiro atoms. The van der Waals surface area contributed by atoms with Crippen LogP contribution in [0.5, 0.6) is 17.2 Å². The molecule has 0 bridgehead atoms. The number of hydrogen-bond donors (Lipinski definition) is 2. The van der Waals surface area contributed by atoms with Crippen molar-refractivity contribution in [3.8, 4) is 28.4 Å². The van der Waals surface area contributed by atoms with Gasteiger partial charge >= 0.3 is 0 Å². The van der Waals surface area contributed by atoms with Crippen LogP contribution in [0.4, 0.5) is 15.8 Å². The van der Waals surface area contributed by atoms with Crippen LogP contribution in [0.1, 0.15) is 23.1 Å². The summed E-state index contributed by atoms with van der Waals surface area (Å²) in [6, 6.07) is 20.8. The molecule has 0 saturated carbocycles. The highest BCUT2D eigenvalue weighted by atomic mass is 35.5. The third kappa shape index (κ3) is 8.49. The Balaban J connectivity index is 1.23. The van der Waals surface area contributed by atoms with Gasteiger partial charge in [0.1, 0.15) is 42.0 Å². The smallest absolute Gasteiger partial charge is 0.142 e. The van der Waals surface area contributed by atoms with E-state index in [1.54, 1.807) is 42.5 Å². The van der Waals surface area contributed by atoms with Gasteiger partial charge in [-0.25, -0.2) is 4.39 Å². The summed E-state index contributed by atoms with van der Waals surface area (Å²) in [5.41, 5.74) is 15.1. The Kier molecular flexibility index (Phi) is 11.2. The minimum Gasteiger partial charge on any atom is -0.494 e. The maximum absolute atomic E-state index is 15.8. The van der Waals surface area contributed by atoms with Crippen molar-refractivity contribution in [2.24, 2.45) is 10.9 Å². The SMILES string of the molecule is NCc1cc(Cl)c(OCc2cccc(-c3cccc(OCCCN4CCOCC4)c3)c2F)cc1OCc1ccc(N=O)c(N)c1. The summed E-state index contributed by atoms with van der Waals surface area (Å²) in [5, 5.41) is 3.21. The van der Waals surface area contributed by atoms with E-state index in [1.165, 1.54) is 6.07 Å². The van der Waals surface area contributed by atoms with Crippen LogP contribution in [-0.4, -0.2) is 44.4 Å². The summed E-state index contributed by atoms with van der Waals surface area (Å²) in [6.07, 6.45) is 0.897. The van der Waals surface area contributed by atoms with Crippen LogP contribution in [0.2, 0.25) is 5.02 Å². The fraction of sp³-hybridized carbons (Fsp3) is 0.294. The Hall–Kier alpha value is -4.22. The number of ether oxygens (including phenoxy) is 4. The molecule has 4 aromatic carbocycles. The average molecular weight is 635 g/mol. The lowest BCUT2D eigenvalue weighted by atomic mass is 10.0. The van der Waals surface area contributed by atoms with Crippen LogP contribution in [0.25, 0.3) is 11.1 Å². The van der Waals surface area contributed by atoms with Gasteiger partial charge in [0.15, 0.2) is 0 Å². The maximum Gasteiger partial charge on any atom is 0.142 e. The van der Waals surface area contributed by atoms with E-state index in [4.69, 9.17) is 42.0 Å². The molecule has 0 aliphatic carbocycles. The molecule has 0 unspecified atom stereocenters. The van der Waals surface area contributed by atoms with Crippen molar-refractivity contribution in [2.75, 3.05) is 45.2 Å². The van der Waals surface area contributed by atoms with Crippen molar-refractivity contribution in [3.63, 3.8) is 0 Å². The molecule has 1 fully saturated rings. The van der Waals surface area contributed by atoms with Gasteiger partial charge in [0.2, 0.25) is 0 Å². The number of halogens is 2. The molecule has 1 aliphatic rings. The van der Waals surface area contributed by atoms with Gasteiger partial charge < -0.3 is 30.4 Å². The summed E-state index contributed by atoms with van der Waals surface area (Å²) in [4.78, 5) is 13.2. The summed E-state index contributed by atoms with van der Waals surface area (Å²) < 4.78 is 39.1. The molecule has 11 heteroatoms. The lowest BCUT2D eigenvalue weighted by Gasteiger charge is -2.26.